The lowest BCUT2D eigenvalue weighted by Gasteiger charge is -2.32. The number of benzene rings is 1. The van der Waals surface area contributed by atoms with Gasteiger partial charge in [-0.25, -0.2) is 9.97 Å². The van der Waals surface area contributed by atoms with Crippen molar-refractivity contribution in [2.75, 3.05) is 20.2 Å². The van der Waals surface area contributed by atoms with E-state index < -0.39 is 0 Å². The van der Waals surface area contributed by atoms with Crippen LogP contribution in [0.3, 0.4) is 0 Å². The van der Waals surface area contributed by atoms with Crippen LogP contribution in [0.4, 0.5) is 0 Å². The Kier molecular flexibility index (Phi) is 5.28. The number of amides is 1. The van der Waals surface area contributed by atoms with Crippen LogP contribution in [0, 0.1) is 6.92 Å². The van der Waals surface area contributed by atoms with Gasteiger partial charge in [-0.2, -0.15) is 5.10 Å². The van der Waals surface area contributed by atoms with Crippen LogP contribution in [-0.4, -0.2) is 51.2 Å². The molecule has 1 fully saturated rings. The third kappa shape index (κ3) is 3.63. The number of aryl methyl sites for hydroxylation is 2. The lowest BCUT2D eigenvalue weighted by Crippen LogP contribution is -2.39. The number of aromatic amines is 1. The molecule has 5 rings (SSSR count). The number of hydrogen-bond donors (Lipinski definition) is 1. The maximum Gasteiger partial charge on any atom is 0.272 e. The number of aromatic nitrogens is 4. The molecular formula is C24H27N5O2. The molecule has 1 saturated heterocycles. The van der Waals surface area contributed by atoms with Gasteiger partial charge in [0.2, 0.25) is 0 Å². The summed E-state index contributed by atoms with van der Waals surface area (Å²) in [4.78, 5) is 24.3. The van der Waals surface area contributed by atoms with Gasteiger partial charge in [-0.3, -0.25) is 9.89 Å². The Labute approximate surface area is 181 Å². The number of piperidine rings is 1. The molecule has 31 heavy (non-hydrogen) atoms. The van der Waals surface area contributed by atoms with E-state index in [1.807, 2.05) is 24.1 Å². The van der Waals surface area contributed by atoms with Crippen LogP contribution in [0.25, 0.3) is 11.3 Å². The second kappa shape index (κ2) is 8.23. The van der Waals surface area contributed by atoms with Gasteiger partial charge in [-0.1, -0.05) is 24.3 Å². The SMILES string of the molecule is COCc1cnc(C)nc1C1CCN(C(=O)c2[nH]nc3c2CCc2ccccc2-3)CC1. The number of hydrogen-bond acceptors (Lipinski definition) is 5. The predicted molar refractivity (Wildman–Crippen MR) is 117 cm³/mol. The molecule has 0 atom stereocenters. The zero-order chi connectivity index (χ0) is 21.4. The summed E-state index contributed by atoms with van der Waals surface area (Å²) < 4.78 is 5.33. The molecule has 2 aliphatic rings. The summed E-state index contributed by atoms with van der Waals surface area (Å²) in [5.41, 5.74) is 7.19. The Hall–Kier alpha value is -3.06. The topological polar surface area (TPSA) is 84.0 Å². The number of H-pyrrole nitrogens is 1. The van der Waals surface area contributed by atoms with Crippen LogP contribution in [0.5, 0.6) is 0 Å². The molecule has 7 heteroatoms. The minimum atomic E-state index is 0.0579. The van der Waals surface area contributed by atoms with Crippen LogP contribution in [0.2, 0.25) is 0 Å². The number of likely N-dealkylation sites (tertiary alicyclic amines) is 1. The predicted octanol–water partition coefficient (Wildman–Crippen LogP) is 3.44. The summed E-state index contributed by atoms with van der Waals surface area (Å²) in [5.74, 6) is 1.15. The summed E-state index contributed by atoms with van der Waals surface area (Å²) in [6, 6.07) is 8.33. The van der Waals surface area contributed by atoms with Crippen molar-refractivity contribution in [3.63, 3.8) is 0 Å². The molecule has 1 aliphatic carbocycles. The first-order valence-corrected chi connectivity index (χ1v) is 10.9. The maximum atomic E-state index is 13.3. The first-order chi connectivity index (χ1) is 15.2. The molecule has 3 heterocycles. The fourth-order valence-electron chi connectivity index (χ4n) is 4.88. The van der Waals surface area contributed by atoms with Crippen LogP contribution in [0.1, 0.15) is 57.5 Å². The third-order valence-corrected chi connectivity index (χ3v) is 6.49. The summed E-state index contributed by atoms with van der Waals surface area (Å²) in [5, 5.41) is 7.57. The number of methoxy groups -OCH3 is 1. The van der Waals surface area contributed by atoms with E-state index in [1.165, 1.54) is 5.56 Å². The van der Waals surface area contributed by atoms with Gasteiger partial charge in [0.25, 0.3) is 5.91 Å². The summed E-state index contributed by atoms with van der Waals surface area (Å²) in [6.45, 7) is 3.85. The Morgan fingerprint density at radius 2 is 2.03 bits per heavy atom. The highest BCUT2D eigenvalue weighted by Crippen LogP contribution is 2.35. The van der Waals surface area contributed by atoms with Gasteiger partial charge in [0.05, 0.1) is 18.0 Å². The van der Waals surface area contributed by atoms with E-state index in [-0.39, 0.29) is 5.91 Å². The van der Waals surface area contributed by atoms with E-state index in [4.69, 9.17) is 9.72 Å². The molecule has 0 unspecified atom stereocenters. The zero-order valence-corrected chi connectivity index (χ0v) is 18.0. The number of ether oxygens (including phenoxy) is 1. The van der Waals surface area contributed by atoms with E-state index in [0.29, 0.717) is 31.3 Å². The van der Waals surface area contributed by atoms with Crippen LogP contribution >= 0.6 is 0 Å². The van der Waals surface area contributed by atoms with Gasteiger partial charge in [0.1, 0.15) is 11.5 Å². The molecule has 7 nitrogen and oxygen atoms in total. The summed E-state index contributed by atoms with van der Waals surface area (Å²) in [7, 11) is 1.69. The van der Waals surface area contributed by atoms with E-state index in [2.05, 4.69) is 33.4 Å². The molecule has 0 bridgehead atoms. The smallest absolute Gasteiger partial charge is 0.272 e. The van der Waals surface area contributed by atoms with Crippen LogP contribution in [-0.2, 0) is 24.2 Å². The molecule has 1 N–H and O–H groups in total. The van der Waals surface area contributed by atoms with Crippen molar-refractivity contribution in [3.05, 3.63) is 64.4 Å². The number of carbonyl (C=O) groups is 1. The van der Waals surface area contributed by atoms with Gasteiger partial charge in [-0.05, 0) is 38.2 Å². The highest BCUT2D eigenvalue weighted by Gasteiger charge is 2.31. The van der Waals surface area contributed by atoms with E-state index in [1.54, 1.807) is 7.11 Å². The summed E-state index contributed by atoms with van der Waals surface area (Å²) in [6.07, 6.45) is 5.44. The van der Waals surface area contributed by atoms with Crippen LogP contribution in [0.15, 0.2) is 30.5 Å². The van der Waals surface area contributed by atoms with E-state index in [9.17, 15) is 4.79 Å². The van der Waals surface area contributed by atoms with Crippen molar-refractivity contribution in [2.45, 2.75) is 45.1 Å². The Bertz CT molecular complexity index is 1110. The molecule has 1 amide bonds. The molecule has 160 valence electrons. The fraction of sp³-hybridized carbons (Fsp3) is 0.417. The van der Waals surface area contributed by atoms with Gasteiger partial charge in [0, 0.05) is 49.0 Å². The quantitative estimate of drug-likeness (QED) is 0.703. The number of carbonyl (C=O) groups excluding carboxylic acids is 1. The zero-order valence-electron chi connectivity index (χ0n) is 18.0. The standard InChI is InChI=1S/C24H27N5O2/c1-15-25-13-18(14-31-2)21(26-15)17-9-11-29(12-10-17)24(30)23-20-8-7-16-5-3-4-6-19(16)22(20)27-28-23/h3-6,13,17H,7-12,14H2,1-2H3,(H,27,28). The largest absolute Gasteiger partial charge is 0.380 e. The first kappa shape index (κ1) is 19.9. The average Bonchev–Trinajstić information content (AvgIpc) is 3.25. The highest BCUT2D eigenvalue weighted by molar-refractivity contribution is 5.96. The Balaban J connectivity index is 1.32. The van der Waals surface area contributed by atoms with Crippen molar-refractivity contribution in [1.82, 2.24) is 25.1 Å². The lowest BCUT2D eigenvalue weighted by atomic mass is 9.88. The van der Waals surface area contributed by atoms with E-state index >= 15 is 0 Å². The molecular weight excluding hydrogens is 390 g/mol. The van der Waals surface area contributed by atoms with Crippen molar-refractivity contribution in [2.24, 2.45) is 0 Å². The highest BCUT2D eigenvalue weighted by atomic mass is 16.5. The van der Waals surface area contributed by atoms with Gasteiger partial charge < -0.3 is 9.64 Å². The summed E-state index contributed by atoms with van der Waals surface area (Å²) >= 11 is 0. The Morgan fingerprint density at radius 3 is 2.84 bits per heavy atom. The van der Waals surface area contributed by atoms with Gasteiger partial charge >= 0.3 is 0 Å². The first-order valence-electron chi connectivity index (χ1n) is 10.9. The maximum absolute atomic E-state index is 13.3. The number of rotatable bonds is 4. The third-order valence-electron chi connectivity index (χ3n) is 6.49. The molecule has 0 radical (unpaired) electrons. The molecule has 0 spiro atoms. The monoisotopic (exact) mass is 417 g/mol. The minimum absolute atomic E-state index is 0.0579. The van der Waals surface area contributed by atoms with Crippen molar-refractivity contribution in [1.29, 1.82) is 0 Å². The van der Waals surface area contributed by atoms with Gasteiger partial charge in [-0.15, -0.1) is 0 Å². The van der Waals surface area contributed by atoms with Crippen molar-refractivity contribution >= 4 is 5.91 Å². The molecule has 0 saturated carbocycles. The van der Waals surface area contributed by atoms with Crippen LogP contribution < -0.4 is 0 Å². The lowest BCUT2D eigenvalue weighted by molar-refractivity contribution is 0.0704. The second-order valence-electron chi connectivity index (χ2n) is 8.41. The molecule has 3 aromatic rings. The van der Waals surface area contributed by atoms with Crippen molar-refractivity contribution < 1.29 is 9.53 Å². The molecule has 2 aromatic heterocycles. The molecule has 1 aliphatic heterocycles. The van der Waals surface area contributed by atoms with Gasteiger partial charge in [0.15, 0.2) is 0 Å². The van der Waals surface area contributed by atoms with Crippen molar-refractivity contribution in [3.8, 4) is 11.3 Å². The number of fused-ring (bicyclic) bond motifs is 3. The second-order valence-corrected chi connectivity index (χ2v) is 8.41. The fourth-order valence-corrected chi connectivity index (χ4v) is 4.88. The minimum Gasteiger partial charge on any atom is -0.380 e. The molecule has 1 aromatic carbocycles. The normalized spacial score (nSPS) is 16.1. The average molecular weight is 418 g/mol. The Morgan fingerprint density at radius 1 is 1.23 bits per heavy atom. The number of nitrogens with zero attached hydrogens (tertiary/aromatic N) is 4. The van der Waals surface area contributed by atoms with E-state index in [0.717, 1.165) is 59.6 Å². The number of nitrogens with one attached hydrogen (secondary N) is 1.